The predicted octanol–water partition coefficient (Wildman–Crippen LogP) is 4.35. The Morgan fingerprint density at radius 2 is 1.89 bits per heavy atom. The summed E-state index contributed by atoms with van der Waals surface area (Å²) < 4.78 is 40.5. The summed E-state index contributed by atoms with van der Waals surface area (Å²) >= 11 is 0. The maximum atomic E-state index is 13.0. The maximum absolute atomic E-state index is 13.0. The summed E-state index contributed by atoms with van der Waals surface area (Å²) in [4.78, 5) is 21.0. The fourth-order valence-corrected chi connectivity index (χ4v) is 2.96. The molecule has 0 saturated carbocycles. The molecule has 0 N–H and O–H groups in total. The van der Waals surface area contributed by atoms with E-state index < -0.39 is 11.7 Å². The highest BCUT2D eigenvalue weighted by Crippen LogP contribution is 2.32. The monoisotopic (exact) mass is 382 g/mol. The first kappa shape index (κ1) is 17.8. The van der Waals surface area contributed by atoms with Gasteiger partial charge in [-0.25, -0.2) is 9.50 Å². The lowest BCUT2D eigenvalue weighted by Gasteiger charge is -2.10. The van der Waals surface area contributed by atoms with Crippen molar-refractivity contribution in [1.29, 1.82) is 0 Å². The number of rotatable bonds is 3. The fourth-order valence-electron chi connectivity index (χ4n) is 2.96. The molecule has 28 heavy (non-hydrogen) atoms. The van der Waals surface area contributed by atoms with Crippen LogP contribution in [0.1, 0.15) is 27.0 Å². The van der Waals surface area contributed by atoms with Gasteiger partial charge in [-0.15, -0.1) is 0 Å². The number of pyridine rings is 1. The van der Waals surface area contributed by atoms with Crippen LogP contribution in [0, 0.1) is 6.92 Å². The number of carbonyl (C=O) groups is 1. The second-order valence-electron chi connectivity index (χ2n) is 6.28. The summed E-state index contributed by atoms with van der Waals surface area (Å²) in [5.41, 5.74) is 1.70. The molecule has 0 bridgehead atoms. The van der Waals surface area contributed by atoms with Crippen LogP contribution in [0.5, 0.6) is 0 Å². The molecule has 140 valence electrons. The van der Waals surface area contributed by atoms with Crippen LogP contribution in [0.3, 0.4) is 0 Å². The first-order chi connectivity index (χ1) is 13.3. The van der Waals surface area contributed by atoms with Crippen LogP contribution in [0.15, 0.2) is 61.2 Å². The molecular formula is C20H13F3N4O. The fraction of sp³-hybridized carbons (Fsp3) is 0.100. The highest BCUT2D eigenvalue weighted by Gasteiger charge is 2.30. The standard InChI is InChI=1S/C20H13F3N4O/c1-12-7-14(10-24-9-12)18(28)16-11-26-27-17(5-6-25-19(16)27)13-3-2-4-15(8-13)20(21,22)23/h2-11H,1H3. The van der Waals surface area contributed by atoms with E-state index >= 15 is 0 Å². The summed E-state index contributed by atoms with van der Waals surface area (Å²) in [7, 11) is 0. The minimum absolute atomic E-state index is 0.251. The maximum Gasteiger partial charge on any atom is 0.416 e. The van der Waals surface area contributed by atoms with E-state index in [1.807, 2.05) is 6.92 Å². The molecule has 1 aromatic carbocycles. The Labute approximate surface area is 157 Å². The van der Waals surface area contributed by atoms with Gasteiger partial charge in [-0.05, 0) is 36.8 Å². The molecule has 0 aliphatic rings. The number of benzene rings is 1. The van der Waals surface area contributed by atoms with Gasteiger partial charge in [-0.2, -0.15) is 18.3 Å². The minimum atomic E-state index is -4.45. The zero-order valence-electron chi connectivity index (χ0n) is 14.6. The average molecular weight is 382 g/mol. The van der Waals surface area contributed by atoms with Gasteiger partial charge in [0.25, 0.3) is 0 Å². The van der Waals surface area contributed by atoms with Crippen molar-refractivity contribution < 1.29 is 18.0 Å². The Bertz CT molecular complexity index is 1200. The quantitative estimate of drug-likeness (QED) is 0.494. The molecule has 4 rings (SSSR count). The van der Waals surface area contributed by atoms with Crippen LogP contribution in [0.4, 0.5) is 13.2 Å². The van der Waals surface area contributed by atoms with Gasteiger partial charge in [-0.3, -0.25) is 9.78 Å². The highest BCUT2D eigenvalue weighted by atomic mass is 19.4. The van der Waals surface area contributed by atoms with Crippen LogP contribution in [-0.4, -0.2) is 25.4 Å². The molecule has 0 aliphatic carbocycles. The molecule has 0 radical (unpaired) electrons. The summed E-state index contributed by atoms with van der Waals surface area (Å²) in [6.07, 6.45) is 1.44. The van der Waals surface area contributed by atoms with E-state index in [0.29, 0.717) is 16.8 Å². The lowest BCUT2D eigenvalue weighted by atomic mass is 10.1. The molecule has 0 unspecified atom stereocenters. The Hall–Kier alpha value is -3.55. The van der Waals surface area contributed by atoms with E-state index in [0.717, 1.165) is 17.7 Å². The van der Waals surface area contributed by atoms with Gasteiger partial charge < -0.3 is 0 Å². The van der Waals surface area contributed by atoms with Gasteiger partial charge >= 0.3 is 6.18 Å². The SMILES string of the molecule is Cc1cncc(C(=O)c2cnn3c(-c4cccc(C(F)(F)F)c4)ccnc23)c1. The van der Waals surface area contributed by atoms with E-state index in [2.05, 4.69) is 15.1 Å². The van der Waals surface area contributed by atoms with E-state index in [1.54, 1.807) is 24.4 Å². The third-order valence-electron chi connectivity index (χ3n) is 4.27. The lowest BCUT2D eigenvalue weighted by molar-refractivity contribution is -0.137. The van der Waals surface area contributed by atoms with E-state index in [1.165, 1.54) is 29.2 Å². The summed E-state index contributed by atoms with van der Waals surface area (Å²) in [5, 5.41) is 4.19. The smallest absolute Gasteiger partial charge is 0.288 e. The van der Waals surface area contributed by atoms with Crippen molar-refractivity contribution in [2.45, 2.75) is 13.1 Å². The van der Waals surface area contributed by atoms with Crippen LogP contribution < -0.4 is 0 Å². The molecule has 0 amide bonds. The molecule has 0 atom stereocenters. The van der Waals surface area contributed by atoms with Crippen LogP contribution >= 0.6 is 0 Å². The molecule has 0 spiro atoms. The highest BCUT2D eigenvalue weighted by molar-refractivity contribution is 6.12. The topological polar surface area (TPSA) is 60.2 Å². The summed E-state index contributed by atoms with van der Waals surface area (Å²) in [5.74, 6) is -0.306. The van der Waals surface area contributed by atoms with Crippen molar-refractivity contribution in [3.8, 4) is 11.3 Å². The van der Waals surface area contributed by atoms with Gasteiger partial charge in [0.2, 0.25) is 0 Å². The number of hydrogen-bond acceptors (Lipinski definition) is 4. The van der Waals surface area contributed by atoms with Gasteiger partial charge in [0.15, 0.2) is 11.4 Å². The normalized spacial score (nSPS) is 11.7. The first-order valence-corrected chi connectivity index (χ1v) is 8.31. The number of carbonyl (C=O) groups excluding carboxylic acids is 1. The molecule has 4 aromatic rings. The number of hydrogen-bond donors (Lipinski definition) is 0. The predicted molar refractivity (Wildman–Crippen MR) is 95.8 cm³/mol. The Kier molecular flexibility index (Phi) is 4.18. The van der Waals surface area contributed by atoms with Gasteiger partial charge in [0.05, 0.1) is 23.0 Å². The molecule has 0 saturated heterocycles. The number of aryl methyl sites for hydroxylation is 1. The van der Waals surface area contributed by atoms with Crippen LogP contribution in [-0.2, 0) is 6.18 Å². The third kappa shape index (κ3) is 3.13. The molecule has 3 aromatic heterocycles. The number of fused-ring (bicyclic) bond motifs is 1. The van der Waals surface area contributed by atoms with Crippen molar-refractivity contribution in [3.63, 3.8) is 0 Å². The summed E-state index contributed by atoms with van der Waals surface area (Å²) in [6.45, 7) is 1.82. The van der Waals surface area contributed by atoms with E-state index in [9.17, 15) is 18.0 Å². The van der Waals surface area contributed by atoms with Crippen LogP contribution in [0.2, 0.25) is 0 Å². The zero-order chi connectivity index (χ0) is 19.9. The molecule has 5 nitrogen and oxygen atoms in total. The zero-order valence-corrected chi connectivity index (χ0v) is 14.6. The van der Waals surface area contributed by atoms with Gasteiger partial charge in [0.1, 0.15) is 0 Å². The number of aromatic nitrogens is 4. The van der Waals surface area contributed by atoms with Gasteiger partial charge in [0, 0.05) is 29.7 Å². The Morgan fingerprint density at radius 3 is 2.64 bits per heavy atom. The van der Waals surface area contributed by atoms with Crippen molar-refractivity contribution in [3.05, 3.63) is 83.4 Å². The number of alkyl halides is 3. The molecule has 8 heteroatoms. The second kappa shape index (κ2) is 6.56. The van der Waals surface area contributed by atoms with Crippen molar-refractivity contribution in [2.24, 2.45) is 0 Å². The Morgan fingerprint density at radius 1 is 1.07 bits per heavy atom. The van der Waals surface area contributed by atoms with Crippen LogP contribution in [0.25, 0.3) is 16.9 Å². The average Bonchev–Trinajstić information content (AvgIpc) is 3.11. The van der Waals surface area contributed by atoms with E-state index in [4.69, 9.17) is 0 Å². The van der Waals surface area contributed by atoms with Gasteiger partial charge in [-0.1, -0.05) is 12.1 Å². The third-order valence-corrected chi connectivity index (χ3v) is 4.27. The number of nitrogens with zero attached hydrogens (tertiary/aromatic N) is 4. The molecule has 0 fully saturated rings. The first-order valence-electron chi connectivity index (χ1n) is 8.31. The lowest BCUT2D eigenvalue weighted by Crippen LogP contribution is -2.06. The van der Waals surface area contributed by atoms with Crippen molar-refractivity contribution in [1.82, 2.24) is 19.6 Å². The minimum Gasteiger partial charge on any atom is -0.288 e. The molecule has 3 heterocycles. The van der Waals surface area contributed by atoms with E-state index in [-0.39, 0.29) is 17.0 Å². The summed E-state index contributed by atoms with van der Waals surface area (Å²) in [6, 6.07) is 8.19. The largest absolute Gasteiger partial charge is 0.416 e. The molecule has 0 aliphatic heterocycles. The number of halogens is 3. The Balaban J connectivity index is 1.83. The van der Waals surface area contributed by atoms with Crippen molar-refractivity contribution in [2.75, 3.05) is 0 Å². The second-order valence-corrected chi connectivity index (χ2v) is 6.28. The number of ketones is 1. The molecular weight excluding hydrogens is 369 g/mol. The van der Waals surface area contributed by atoms with Crippen molar-refractivity contribution >= 4 is 11.4 Å².